The molecule has 0 atom stereocenters. The number of hydrogen-bond acceptors (Lipinski definition) is 5. The van der Waals surface area contributed by atoms with Gasteiger partial charge in [-0.15, -0.1) is 11.3 Å². The Hall–Kier alpha value is -2.86. The average Bonchev–Trinajstić information content (AvgIpc) is 3.17. The number of aromatic nitrogens is 1. The lowest BCUT2D eigenvalue weighted by Crippen LogP contribution is -2.17. The van der Waals surface area contributed by atoms with Gasteiger partial charge in [-0.2, -0.15) is 0 Å². The fourth-order valence-corrected chi connectivity index (χ4v) is 3.88. The van der Waals surface area contributed by atoms with Gasteiger partial charge in [0.1, 0.15) is 13.2 Å². The Balaban J connectivity index is 1.39. The molecule has 0 bridgehead atoms. The van der Waals surface area contributed by atoms with Crippen LogP contribution in [0.3, 0.4) is 0 Å². The molecule has 4 rings (SSSR count). The van der Waals surface area contributed by atoms with Gasteiger partial charge in [0, 0.05) is 10.9 Å². The van der Waals surface area contributed by atoms with Crippen LogP contribution in [-0.2, 0) is 17.6 Å². The summed E-state index contributed by atoms with van der Waals surface area (Å²) in [5, 5.41) is 5.46. The summed E-state index contributed by atoms with van der Waals surface area (Å²) in [7, 11) is 0. The smallest absolute Gasteiger partial charge is 0.230 e. The van der Waals surface area contributed by atoms with Gasteiger partial charge in [-0.25, -0.2) is 4.98 Å². The van der Waals surface area contributed by atoms with Crippen LogP contribution in [0.25, 0.3) is 11.3 Å². The molecule has 0 fully saturated rings. The zero-order valence-corrected chi connectivity index (χ0v) is 16.6. The maximum atomic E-state index is 12.4. The number of rotatable bonds is 6. The Kier molecular flexibility index (Phi) is 5.58. The van der Waals surface area contributed by atoms with Crippen LogP contribution in [0.4, 0.5) is 5.13 Å². The quantitative estimate of drug-likeness (QED) is 0.657. The Morgan fingerprint density at radius 2 is 1.82 bits per heavy atom. The number of amides is 1. The molecular formula is C22H22N2O3S. The molecule has 2 aromatic carbocycles. The summed E-state index contributed by atoms with van der Waals surface area (Å²) in [6.45, 7) is 3.26. The van der Waals surface area contributed by atoms with E-state index in [1.165, 1.54) is 16.9 Å². The molecular weight excluding hydrogens is 372 g/mol. The van der Waals surface area contributed by atoms with Gasteiger partial charge in [-0.3, -0.25) is 4.79 Å². The minimum atomic E-state index is -0.101. The van der Waals surface area contributed by atoms with Crippen molar-refractivity contribution in [2.75, 3.05) is 18.5 Å². The first-order chi connectivity index (χ1) is 13.7. The van der Waals surface area contributed by atoms with E-state index >= 15 is 0 Å². The number of hydrogen-bond donors (Lipinski definition) is 1. The molecule has 1 amide bonds. The van der Waals surface area contributed by atoms with E-state index in [1.54, 1.807) is 0 Å². The Labute approximate surface area is 168 Å². The first-order valence-corrected chi connectivity index (χ1v) is 10.3. The van der Waals surface area contributed by atoms with E-state index in [9.17, 15) is 4.79 Å². The molecule has 1 aromatic heterocycles. The topological polar surface area (TPSA) is 60.5 Å². The van der Waals surface area contributed by atoms with Crippen molar-refractivity contribution in [1.82, 2.24) is 4.98 Å². The second-order valence-corrected chi connectivity index (χ2v) is 7.55. The zero-order chi connectivity index (χ0) is 19.3. The largest absolute Gasteiger partial charge is 0.486 e. The van der Waals surface area contributed by atoms with Gasteiger partial charge in [-0.1, -0.05) is 43.7 Å². The second kappa shape index (κ2) is 8.44. The van der Waals surface area contributed by atoms with Crippen molar-refractivity contribution in [2.45, 2.75) is 26.2 Å². The molecule has 6 heteroatoms. The van der Waals surface area contributed by atoms with E-state index in [1.807, 2.05) is 23.6 Å². The maximum Gasteiger partial charge on any atom is 0.230 e. The van der Waals surface area contributed by atoms with E-state index in [2.05, 4.69) is 41.5 Å². The fourth-order valence-electron chi connectivity index (χ4n) is 3.14. The van der Waals surface area contributed by atoms with Gasteiger partial charge in [0.2, 0.25) is 5.91 Å². The Bertz CT molecular complexity index is 966. The van der Waals surface area contributed by atoms with Gasteiger partial charge < -0.3 is 14.8 Å². The number of carbonyl (C=O) groups is 1. The number of nitrogens with one attached hydrogen (secondary N) is 1. The molecule has 0 radical (unpaired) electrons. The zero-order valence-electron chi connectivity index (χ0n) is 15.7. The number of thiazole rings is 1. The van der Waals surface area contributed by atoms with Crippen molar-refractivity contribution in [3.63, 3.8) is 0 Å². The summed E-state index contributed by atoms with van der Waals surface area (Å²) in [5.41, 5.74) is 4.14. The van der Waals surface area contributed by atoms with Crippen LogP contribution in [0.5, 0.6) is 11.5 Å². The first kappa shape index (κ1) is 18.5. The van der Waals surface area contributed by atoms with Gasteiger partial charge >= 0.3 is 0 Å². The average molecular weight is 394 g/mol. The summed E-state index contributed by atoms with van der Waals surface area (Å²) in [6.07, 6.45) is 2.48. The number of benzene rings is 2. The summed E-state index contributed by atoms with van der Waals surface area (Å²) >= 11 is 1.43. The molecule has 0 saturated carbocycles. The monoisotopic (exact) mass is 394 g/mol. The first-order valence-electron chi connectivity index (χ1n) is 9.44. The van der Waals surface area contributed by atoms with Crippen LogP contribution >= 0.6 is 11.3 Å². The Morgan fingerprint density at radius 3 is 2.61 bits per heavy atom. The number of fused-ring (bicyclic) bond motifs is 1. The van der Waals surface area contributed by atoms with Gasteiger partial charge in [0.25, 0.3) is 0 Å². The lowest BCUT2D eigenvalue weighted by atomic mass is 10.1. The van der Waals surface area contributed by atoms with E-state index < -0.39 is 0 Å². The highest BCUT2D eigenvalue weighted by atomic mass is 32.1. The molecule has 0 aliphatic carbocycles. The highest BCUT2D eigenvalue weighted by Gasteiger charge is 2.14. The van der Waals surface area contributed by atoms with Crippen molar-refractivity contribution in [2.24, 2.45) is 0 Å². The van der Waals surface area contributed by atoms with Gasteiger partial charge in [0.05, 0.1) is 12.1 Å². The summed E-state index contributed by atoms with van der Waals surface area (Å²) in [6, 6.07) is 14.0. The molecule has 28 heavy (non-hydrogen) atoms. The van der Waals surface area contributed by atoms with Gasteiger partial charge in [-0.05, 0) is 29.7 Å². The van der Waals surface area contributed by atoms with Crippen LogP contribution in [0.2, 0.25) is 0 Å². The van der Waals surface area contributed by atoms with Crippen molar-refractivity contribution in [1.29, 1.82) is 0 Å². The predicted molar refractivity (Wildman–Crippen MR) is 111 cm³/mol. The molecule has 0 spiro atoms. The van der Waals surface area contributed by atoms with E-state index in [0.717, 1.165) is 35.4 Å². The molecule has 144 valence electrons. The minimum absolute atomic E-state index is 0.101. The standard InChI is InChI=1S/C22H22N2O3S/c1-2-3-15-4-7-17(8-5-15)18-14-28-22(23-18)24-21(25)13-16-6-9-19-20(12-16)27-11-10-26-19/h4-9,12,14H,2-3,10-11,13H2,1H3,(H,23,24,25). The van der Waals surface area contributed by atoms with Gasteiger partial charge in [0.15, 0.2) is 16.6 Å². The van der Waals surface area contributed by atoms with Crippen LogP contribution in [0.1, 0.15) is 24.5 Å². The number of anilines is 1. The van der Waals surface area contributed by atoms with E-state index in [0.29, 0.717) is 24.1 Å². The fraction of sp³-hybridized carbons (Fsp3) is 0.273. The number of carbonyl (C=O) groups excluding carboxylic acids is 1. The lowest BCUT2D eigenvalue weighted by Gasteiger charge is -2.18. The van der Waals surface area contributed by atoms with Crippen molar-refractivity contribution < 1.29 is 14.3 Å². The Morgan fingerprint density at radius 1 is 1.07 bits per heavy atom. The maximum absolute atomic E-state index is 12.4. The summed E-state index contributed by atoms with van der Waals surface area (Å²) in [4.78, 5) is 16.9. The molecule has 0 unspecified atom stereocenters. The van der Waals surface area contributed by atoms with E-state index in [-0.39, 0.29) is 12.3 Å². The third-order valence-electron chi connectivity index (χ3n) is 4.51. The minimum Gasteiger partial charge on any atom is -0.486 e. The predicted octanol–water partition coefficient (Wildman–Crippen LogP) is 4.72. The molecule has 1 aliphatic heterocycles. The van der Waals surface area contributed by atoms with Crippen LogP contribution in [-0.4, -0.2) is 24.1 Å². The van der Waals surface area contributed by atoms with E-state index in [4.69, 9.17) is 9.47 Å². The molecule has 1 aliphatic rings. The molecule has 2 heterocycles. The third-order valence-corrected chi connectivity index (χ3v) is 5.27. The molecule has 0 saturated heterocycles. The molecule has 1 N–H and O–H groups in total. The number of nitrogens with zero attached hydrogens (tertiary/aromatic N) is 1. The summed E-state index contributed by atoms with van der Waals surface area (Å²) in [5.74, 6) is 1.32. The molecule has 5 nitrogen and oxygen atoms in total. The third kappa shape index (κ3) is 4.34. The van der Waals surface area contributed by atoms with Crippen molar-refractivity contribution >= 4 is 22.4 Å². The normalized spacial score (nSPS) is 12.6. The number of ether oxygens (including phenoxy) is 2. The van der Waals surface area contributed by atoms with Crippen LogP contribution in [0.15, 0.2) is 47.8 Å². The number of aryl methyl sites for hydroxylation is 1. The second-order valence-electron chi connectivity index (χ2n) is 6.69. The van der Waals surface area contributed by atoms with Crippen LogP contribution in [0, 0.1) is 0 Å². The van der Waals surface area contributed by atoms with Crippen molar-refractivity contribution in [3.05, 3.63) is 59.0 Å². The van der Waals surface area contributed by atoms with Crippen molar-refractivity contribution in [3.8, 4) is 22.8 Å². The summed E-state index contributed by atoms with van der Waals surface area (Å²) < 4.78 is 11.1. The SMILES string of the molecule is CCCc1ccc(-c2csc(NC(=O)Cc3ccc4c(c3)OCCO4)n2)cc1. The lowest BCUT2D eigenvalue weighted by molar-refractivity contribution is -0.115. The molecule has 3 aromatic rings. The highest BCUT2D eigenvalue weighted by molar-refractivity contribution is 7.14. The van der Waals surface area contributed by atoms with Crippen LogP contribution < -0.4 is 14.8 Å². The highest BCUT2D eigenvalue weighted by Crippen LogP contribution is 2.31.